The molecule has 0 aromatic heterocycles. The predicted octanol–water partition coefficient (Wildman–Crippen LogP) is 5.13. The lowest BCUT2D eigenvalue weighted by Gasteiger charge is -2.45. The van der Waals surface area contributed by atoms with Crippen molar-refractivity contribution in [1.29, 1.82) is 0 Å². The predicted molar refractivity (Wildman–Crippen MR) is 115 cm³/mol. The van der Waals surface area contributed by atoms with Gasteiger partial charge in [-0.25, -0.2) is 0 Å². The summed E-state index contributed by atoms with van der Waals surface area (Å²) >= 11 is 6.09. The van der Waals surface area contributed by atoms with Crippen molar-refractivity contribution in [3.8, 4) is 5.75 Å². The van der Waals surface area contributed by atoms with E-state index in [9.17, 15) is 4.79 Å². The lowest BCUT2D eigenvalue weighted by atomic mass is 9.59. The molecule has 1 amide bonds. The number of benzene rings is 3. The number of carbonyl (C=O) groups excluding carboxylic acids is 1. The number of fused-ring (bicyclic) bond motifs is 1. The van der Waals surface area contributed by atoms with Crippen LogP contribution in [0.25, 0.3) is 0 Å². The Morgan fingerprint density at radius 2 is 1.48 bits per heavy atom. The maximum Gasteiger partial charge on any atom is 0.257 e. The number of rotatable bonds is 5. The largest absolute Gasteiger partial charge is 0.482 e. The Balaban J connectivity index is 1.29. The summed E-state index contributed by atoms with van der Waals surface area (Å²) in [6.45, 7) is 0.617. The van der Waals surface area contributed by atoms with Gasteiger partial charge >= 0.3 is 0 Å². The van der Waals surface area contributed by atoms with Crippen molar-refractivity contribution in [3.05, 3.63) is 100 Å². The van der Waals surface area contributed by atoms with E-state index in [4.69, 9.17) is 16.3 Å². The van der Waals surface area contributed by atoms with Crippen molar-refractivity contribution in [1.82, 2.24) is 5.32 Å². The molecule has 0 fully saturated rings. The molecule has 29 heavy (non-hydrogen) atoms. The van der Waals surface area contributed by atoms with Gasteiger partial charge in [-0.1, -0.05) is 72.3 Å². The monoisotopic (exact) mass is 403 g/mol. The summed E-state index contributed by atoms with van der Waals surface area (Å²) in [6.07, 6.45) is 1.06. The summed E-state index contributed by atoms with van der Waals surface area (Å²) in [7, 11) is 0. The maximum atomic E-state index is 12.4. The van der Waals surface area contributed by atoms with Crippen LogP contribution in [0.5, 0.6) is 5.75 Å². The molecule has 3 aromatic carbocycles. The van der Waals surface area contributed by atoms with Crippen LogP contribution in [0.2, 0.25) is 5.02 Å². The molecule has 0 spiro atoms. The number of hydrogen-bond acceptors (Lipinski definition) is 2. The van der Waals surface area contributed by atoms with Crippen molar-refractivity contribution in [3.63, 3.8) is 0 Å². The average molecular weight is 404 g/mol. The Kier molecular flexibility index (Phi) is 4.76. The lowest BCUT2D eigenvalue weighted by Crippen LogP contribution is -2.40. The third kappa shape index (κ3) is 3.30. The molecule has 1 atom stereocenters. The molecule has 0 saturated carbocycles. The summed E-state index contributed by atoms with van der Waals surface area (Å²) in [5.74, 6) is 1.54. The van der Waals surface area contributed by atoms with Gasteiger partial charge in [-0.3, -0.25) is 4.79 Å². The van der Waals surface area contributed by atoms with Gasteiger partial charge < -0.3 is 10.1 Å². The first-order chi connectivity index (χ1) is 14.2. The normalized spacial score (nSPS) is 21.2. The standard InChI is InChI=1S/C25H22ClNO2/c26-22-11-5-6-12-23(22)29-15-24(28)27-14-16-13-21-17-7-1-3-9-19(17)25(16)20-10-4-2-8-18(20)21/h1-12,16,21,25H,13-15H2,(H,27,28). The molecule has 0 radical (unpaired) electrons. The molecule has 3 aromatic rings. The second-order valence-electron chi connectivity index (χ2n) is 7.81. The summed E-state index contributed by atoms with van der Waals surface area (Å²) in [5, 5.41) is 3.59. The van der Waals surface area contributed by atoms with Crippen LogP contribution in [0, 0.1) is 5.92 Å². The Hall–Kier alpha value is -2.78. The zero-order valence-corrected chi connectivity index (χ0v) is 16.7. The van der Waals surface area contributed by atoms with Crippen molar-refractivity contribution in [2.45, 2.75) is 18.3 Å². The second-order valence-corrected chi connectivity index (χ2v) is 8.21. The highest BCUT2D eigenvalue weighted by Crippen LogP contribution is 2.55. The van der Waals surface area contributed by atoms with Gasteiger partial charge in [-0.05, 0) is 46.7 Å². The van der Waals surface area contributed by atoms with Gasteiger partial charge in [0, 0.05) is 18.4 Å². The fraction of sp³-hybridized carbons (Fsp3) is 0.240. The Bertz CT molecular complexity index is 1020. The Morgan fingerprint density at radius 1 is 0.897 bits per heavy atom. The first-order valence-electron chi connectivity index (χ1n) is 10.0. The molecule has 3 aliphatic carbocycles. The number of amides is 1. The Labute approximate surface area is 175 Å². The minimum Gasteiger partial charge on any atom is -0.482 e. The van der Waals surface area contributed by atoms with Crippen LogP contribution >= 0.6 is 11.6 Å². The summed E-state index contributed by atoms with van der Waals surface area (Å²) < 4.78 is 5.57. The fourth-order valence-electron chi connectivity index (χ4n) is 4.96. The van der Waals surface area contributed by atoms with Gasteiger partial charge in [0.1, 0.15) is 5.75 Å². The fourth-order valence-corrected chi connectivity index (χ4v) is 5.15. The molecule has 146 valence electrons. The highest BCUT2D eigenvalue weighted by atomic mass is 35.5. The quantitative estimate of drug-likeness (QED) is 0.641. The number of carbonyl (C=O) groups is 1. The van der Waals surface area contributed by atoms with Gasteiger partial charge in [0.15, 0.2) is 6.61 Å². The van der Waals surface area contributed by atoms with E-state index in [1.807, 2.05) is 12.1 Å². The van der Waals surface area contributed by atoms with E-state index in [0.717, 1.165) is 6.42 Å². The van der Waals surface area contributed by atoms with Crippen LogP contribution < -0.4 is 10.1 Å². The van der Waals surface area contributed by atoms with E-state index in [1.165, 1.54) is 22.3 Å². The molecular weight excluding hydrogens is 382 g/mol. The van der Waals surface area contributed by atoms with E-state index >= 15 is 0 Å². The highest BCUT2D eigenvalue weighted by Gasteiger charge is 2.42. The van der Waals surface area contributed by atoms with Crippen LogP contribution in [0.15, 0.2) is 72.8 Å². The van der Waals surface area contributed by atoms with Crippen LogP contribution in [-0.2, 0) is 4.79 Å². The van der Waals surface area contributed by atoms with Gasteiger partial charge in [0.25, 0.3) is 5.91 Å². The molecule has 4 heteroatoms. The SMILES string of the molecule is O=C(COc1ccccc1Cl)NCC1CC2c3ccccc3C1c1ccccc12. The van der Waals surface area contributed by atoms with Crippen molar-refractivity contribution < 1.29 is 9.53 Å². The smallest absolute Gasteiger partial charge is 0.257 e. The molecule has 0 saturated heterocycles. The molecule has 3 aliphatic rings. The molecule has 6 rings (SSSR count). The van der Waals surface area contributed by atoms with Crippen LogP contribution in [-0.4, -0.2) is 19.1 Å². The second kappa shape index (κ2) is 7.57. The summed E-state index contributed by atoms with van der Waals surface area (Å²) in [5.41, 5.74) is 5.71. The van der Waals surface area contributed by atoms with E-state index in [0.29, 0.717) is 35.1 Å². The number of halogens is 1. The summed E-state index contributed by atoms with van der Waals surface area (Å²) in [4.78, 5) is 12.4. The average Bonchev–Trinajstić information content (AvgIpc) is 2.77. The minimum atomic E-state index is -0.118. The van der Waals surface area contributed by atoms with E-state index in [-0.39, 0.29) is 12.5 Å². The molecule has 0 aliphatic heterocycles. The van der Waals surface area contributed by atoms with Crippen molar-refractivity contribution in [2.75, 3.05) is 13.2 Å². The third-order valence-corrected chi connectivity index (χ3v) is 6.49. The third-order valence-electron chi connectivity index (χ3n) is 6.18. The van der Waals surface area contributed by atoms with Gasteiger partial charge in [-0.2, -0.15) is 0 Å². The zero-order valence-electron chi connectivity index (χ0n) is 16.0. The highest BCUT2D eigenvalue weighted by molar-refractivity contribution is 6.32. The molecule has 3 nitrogen and oxygen atoms in total. The zero-order chi connectivity index (χ0) is 19.8. The van der Waals surface area contributed by atoms with Crippen LogP contribution in [0.3, 0.4) is 0 Å². The molecule has 1 unspecified atom stereocenters. The van der Waals surface area contributed by atoms with Crippen LogP contribution in [0.1, 0.15) is 40.5 Å². The number of para-hydroxylation sites is 1. The number of nitrogens with one attached hydrogen (secondary N) is 1. The first-order valence-corrected chi connectivity index (χ1v) is 10.4. The van der Waals surface area contributed by atoms with E-state index < -0.39 is 0 Å². The molecule has 1 N–H and O–H groups in total. The maximum absolute atomic E-state index is 12.4. The van der Waals surface area contributed by atoms with Gasteiger partial charge in [0.2, 0.25) is 0 Å². The van der Waals surface area contributed by atoms with Crippen molar-refractivity contribution in [2.24, 2.45) is 5.92 Å². The number of hydrogen-bond donors (Lipinski definition) is 1. The van der Waals surface area contributed by atoms with Gasteiger partial charge in [-0.15, -0.1) is 0 Å². The molecule has 0 heterocycles. The Morgan fingerprint density at radius 3 is 2.14 bits per heavy atom. The topological polar surface area (TPSA) is 38.3 Å². The van der Waals surface area contributed by atoms with Crippen LogP contribution in [0.4, 0.5) is 0 Å². The lowest BCUT2D eigenvalue weighted by molar-refractivity contribution is -0.123. The first kappa shape index (κ1) is 18.3. The number of ether oxygens (including phenoxy) is 1. The van der Waals surface area contributed by atoms with Crippen molar-refractivity contribution >= 4 is 17.5 Å². The van der Waals surface area contributed by atoms with Gasteiger partial charge in [0.05, 0.1) is 5.02 Å². The molecule has 2 bridgehead atoms. The van der Waals surface area contributed by atoms with E-state index in [1.54, 1.807) is 12.1 Å². The minimum absolute atomic E-state index is 0.0300. The summed E-state index contributed by atoms with van der Waals surface area (Å²) in [6, 6.07) is 24.7. The van der Waals surface area contributed by atoms with E-state index in [2.05, 4.69) is 53.8 Å². The molecular formula is C25H22ClNO2.